The molecule has 3 aromatic carbocycles. The fourth-order valence-corrected chi connectivity index (χ4v) is 5.49. The molecule has 216 valence electrons. The van der Waals surface area contributed by atoms with E-state index < -0.39 is 12.2 Å². The quantitative estimate of drug-likeness (QED) is 0.272. The van der Waals surface area contributed by atoms with Gasteiger partial charge in [0.05, 0.1) is 38.2 Å². The van der Waals surface area contributed by atoms with Crippen molar-refractivity contribution in [1.29, 1.82) is 0 Å². The number of benzene rings is 3. The second kappa shape index (κ2) is 12.5. The minimum absolute atomic E-state index is 0.261. The van der Waals surface area contributed by atoms with E-state index in [9.17, 15) is 9.18 Å². The van der Waals surface area contributed by atoms with E-state index in [1.54, 1.807) is 16.8 Å². The van der Waals surface area contributed by atoms with Crippen LogP contribution >= 0.6 is 0 Å². The first-order valence-electron chi connectivity index (χ1n) is 13.6. The van der Waals surface area contributed by atoms with Gasteiger partial charge in [-0.3, -0.25) is 14.9 Å². The first kappa shape index (κ1) is 28.2. The van der Waals surface area contributed by atoms with Crippen molar-refractivity contribution in [3.05, 3.63) is 77.7 Å². The lowest BCUT2D eigenvalue weighted by Crippen LogP contribution is -2.37. The van der Waals surface area contributed by atoms with Crippen LogP contribution in [0, 0.1) is 5.82 Å². The average molecular weight is 563 g/mol. The largest absolute Gasteiger partial charge is 0.493 e. The van der Waals surface area contributed by atoms with Gasteiger partial charge in [-0.1, -0.05) is 30.3 Å². The molecule has 1 saturated heterocycles. The number of rotatable bonds is 9. The molecule has 0 aliphatic carbocycles. The Kier molecular flexibility index (Phi) is 8.58. The Bertz CT molecular complexity index is 1480. The molecule has 4 aromatic rings. The van der Waals surface area contributed by atoms with Gasteiger partial charge in [0, 0.05) is 37.0 Å². The summed E-state index contributed by atoms with van der Waals surface area (Å²) in [7, 11) is 6.41. The lowest BCUT2D eigenvalue weighted by atomic mass is 9.91. The molecule has 1 unspecified atom stereocenters. The molecule has 1 aliphatic rings. The molecule has 0 bridgehead atoms. The Hall–Kier alpha value is -4.31. The molecule has 1 atom stereocenters. The van der Waals surface area contributed by atoms with Crippen LogP contribution in [0.25, 0.3) is 10.9 Å². The van der Waals surface area contributed by atoms with Crippen molar-refractivity contribution in [1.82, 2.24) is 14.7 Å². The highest BCUT2D eigenvalue weighted by Gasteiger charge is 2.28. The van der Waals surface area contributed by atoms with Crippen LogP contribution in [0.1, 0.15) is 36.1 Å². The average Bonchev–Trinajstić information content (AvgIpc) is 3.32. The number of aromatic nitrogens is 2. The van der Waals surface area contributed by atoms with Crippen LogP contribution in [0.15, 0.2) is 60.7 Å². The minimum Gasteiger partial charge on any atom is -0.493 e. The summed E-state index contributed by atoms with van der Waals surface area (Å²) >= 11 is 0. The van der Waals surface area contributed by atoms with Crippen molar-refractivity contribution >= 4 is 22.7 Å². The number of nitrogens with one attached hydrogen (secondary N) is 1. The van der Waals surface area contributed by atoms with E-state index in [1.807, 2.05) is 43.4 Å². The second-order valence-corrected chi connectivity index (χ2v) is 10.1. The summed E-state index contributed by atoms with van der Waals surface area (Å²) < 4.78 is 37.7. The summed E-state index contributed by atoms with van der Waals surface area (Å²) in [5.41, 5.74) is 3.19. The number of halogens is 1. The molecule has 1 fully saturated rings. The summed E-state index contributed by atoms with van der Waals surface area (Å²) in [4.78, 5) is 15.4. The van der Waals surface area contributed by atoms with Crippen molar-refractivity contribution in [3.63, 3.8) is 0 Å². The maximum Gasteiger partial charge on any atom is 0.412 e. The van der Waals surface area contributed by atoms with Gasteiger partial charge < -0.3 is 18.9 Å². The van der Waals surface area contributed by atoms with Gasteiger partial charge in [0.1, 0.15) is 11.9 Å². The van der Waals surface area contributed by atoms with E-state index in [-0.39, 0.29) is 11.7 Å². The van der Waals surface area contributed by atoms with Gasteiger partial charge in [0.2, 0.25) is 5.75 Å². The number of aryl methyl sites for hydroxylation is 1. The third-order valence-corrected chi connectivity index (χ3v) is 7.57. The predicted octanol–water partition coefficient (Wildman–Crippen LogP) is 5.91. The SMILES string of the molecule is COc1cc(NC(=O)OC(CN2CCC(c3nn(C)c4cc(F)ccc34)CC2)c2ccccc2)cc(OC)c1OC. The van der Waals surface area contributed by atoms with Crippen molar-refractivity contribution < 1.29 is 28.1 Å². The number of nitrogens with zero attached hydrogens (tertiary/aromatic N) is 3. The van der Waals surface area contributed by atoms with E-state index in [2.05, 4.69) is 10.2 Å². The van der Waals surface area contributed by atoms with Gasteiger partial charge in [-0.15, -0.1) is 0 Å². The lowest BCUT2D eigenvalue weighted by Gasteiger charge is -2.33. The number of piperidine rings is 1. The minimum atomic E-state index is -0.588. The number of carbonyl (C=O) groups excluding carboxylic acids is 1. The van der Waals surface area contributed by atoms with E-state index >= 15 is 0 Å². The van der Waals surface area contributed by atoms with Crippen LogP contribution in [-0.4, -0.2) is 61.7 Å². The van der Waals surface area contributed by atoms with E-state index in [1.165, 1.54) is 33.5 Å². The third-order valence-electron chi connectivity index (χ3n) is 7.57. The first-order valence-corrected chi connectivity index (χ1v) is 13.6. The second-order valence-electron chi connectivity index (χ2n) is 10.1. The van der Waals surface area contributed by atoms with E-state index in [0.717, 1.165) is 48.1 Å². The van der Waals surface area contributed by atoms with Crippen molar-refractivity contribution in [3.8, 4) is 17.2 Å². The van der Waals surface area contributed by atoms with Crippen molar-refractivity contribution in [2.75, 3.05) is 46.3 Å². The molecule has 1 amide bonds. The van der Waals surface area contributed by atoms with Crippen LogP contribution in [0.3, 0.4) is 0 Å². The molecule has 2 heterocycles. The lowest BCUT2D eigenvalue weighted by molar-refractivity contribution is 0.0705. The summed E-state index contributed by atoms with van der Waals surface area (Å²) in [5, 5.41) is 8.53. The normalized spacial score (nSPS) is 15.0. The fraction of sp³-hybridized carbons (Fsp3) is 0.355. The van der Waals surface area contributed by atoms with E-state index in [0.29, 0.717) is 29.5 Å². The molecular weight excluding hydrogens is 527 g/mol. The molecular formula is C31H35FN4O5. The van der Waals surface area contributed by atoms with Gasteiger partial charge >= 0.3 is 6.09 Å². The topological polar surface area (TPSA) is 87.1 Å². The van der Waals surface area contributed by atoms with E-state index in [4.69, 9.17) is 24.0 Å². The van der Waals surface area contributed by atoms with Crippen molar-refractivity contribution in [2.24, 2.45) is 7.05 Å². The molecule has 5 rings (SSSR count). The maximum absolute atomic E-state index is 13.8. The molecule has 1 aliphatic heterocycles. The van der Waals surface area contributed by atoms with Gasteiger partial charge in [-0.25, -0.2) is 9.18 Å². The third kappa shape index (κ3) is 6.22. The van der Waals surface area contributed by atoms with Gasteiger partial charge in [-0.05, 0) is 49.7 Å². The maximum atomic E-state index is 13.8. The summed E-state index contributed by atoms with van der Waals surface area (Å²) in [6, 6.07) is 17.9. The summed E-state index contributed by atoms with van der Waals surface area (Å²) in [5.74, 6) is 1.30. The predicted molar refractivity (Wildman–Crippen MR) is 154 cm³/mol. The fourth-order valence-electron chi connectivity index (χ4n) is 5.49. The zero-order valence-corrected chi connectivity index (χ0v) is 23.7. The number of amides is 1. The van der Waals surface area contributed by atoms with Crippen molar-refractivity contribution in [2.45, 2.75) is 24.9 Å². The molecule has 9 nitrogen and oxygen atoms in total. The number of fused-ring (bicyclic) bond motifs is 1. The number of likely N-dealkylation sites (tertiary alicyclic amines) is 1. The molecule has 1 N–H and O–H groups in total. The van der Waals surface area contributed by atoms with Gasteiger partial charge in [-0.2, -0.15) is 5.10 Å². The first-order chi connectivity index (χ1) is 19.9. The smallest absolute Gasteiger partial charge is 0.412 e. The standard InChI is InChI=1S/C31H35FN4O5/c1-35-25-16-22(32)10-11-24(25)29(34-35)21-12-14-36(15-13-21)19-28(20-8-6-5-7-9-20)41-31(37)33-23-17-26(38-2)30(40-4)27(18-23)39-3/h5-11,16-18,21,28H,12-15,19H2,1-4H3,(H,33,37). The molecule has 41 heavy (non-hydrogen) atoms. The highest BCUT2D eigenvalue weighted by atomic mass is 19.1. The molecule has 1 aromatic heterocycles. The molecule has 10 heteroatoms. The number of anilines is 1. The zero-order valence-electron chi connectivity index (χ0n) is 23.7. The number of hydrogen-bond donors (Lipinski definition) is 1. The van der Waals surface area contributed by atoms with Crippen LogP contribution in [0.5, 0.6) is 17.2 Å². The number of ether oxygens (including phenoxy) is 4. The Balaban J connectivity index is 1.27. The Morgan fingerprint density at radius 1 is 1.00 bits per heavy atom. The Morgan fingerprint density at radius 2 is 1.68 bits per heavy atom. The zero-order chi connectivity index (χ0) is 28.9. The highest BCUT2D eigenvalue weighted by Crippen LogP contribution is 2.40. The van der Waals surface area contributed by atoms with Gasteiger partial charge in [0.15, 0.2) is 11.5 Å². The summed E-state index contributed by atoms with van der Waals surface area (Å²) in [6.45, 7) is 2.20. The number of methoxy groups -OCH3 is 3. The monoisotopic (exact) mass is 562 g/mol. The van der Waals surface area contributed by atoms with Crippen LogP contribution in [-0.2, 0) is 11.8 Å². The van der Waals surface area contributed by atoms with Gasteiger partial charge in [0.25, 0.3) is 0 Å². The number of hydrogen-bond acceptors (Lipinski definition) is 7. The number of carbonyl (C=O) groups is 1. The Labute approximate surface area is 238 Å². The highest BCUT2D eigenvalue weighted by molar-refractivity contribution is 5.86. The molecule has 0 spiro atoms. The molecule has 0 radical (unpaired) electrons. The van der Waals surface area contributed by atoms with Crippen LogP contribution in [0.2, 0.25) is 0 Å². The summed E-state index contributed by atoms with van der Waals surface area (Å²) in [6.07, 6.45) is 0.745. The van der Waals surface area contributed by atoms with Crippen LogP contribution in [0.4, 0.5) is 14.9 Å². The van der Waals surface area contributed by atoms with Crippen LogP contribution < -0.4 is 19.5 Å². The Morgan fingerprint density at radius 3 is 2.32 bits per heavy atom. The molecule has 0 saturated carbocycles.